The van der Waals surface area contributed by atoms with Gasteiger partial charge in [0.05, 0.1) is 5.37 Å². The number of fused-ring (bicyclic) bond motifs is 1. The average molecular weight is 319 g/mol. The molecule has 112 valence electrons. The number of hydrogen-bond acceptors (Lipinski definition) is 4. The Labute approximate surface area is 134 Å². The van der Waals surface area contributed by atoms with Crippen molar-refractivity contribution in [1.29, 1.82) is 0 Å². The Hall–Kier alpha value is -0.680. The summed E-state index contributed by atoms with van der Waals surface area (Å²) < 4.78 is 2.46. The van der Waals surface area contributed by atoms with Gasteiger partial charge in [0.1, 0.15) is 11.3 Å². The van der Waals surface area contributed by atoms with Crippen LogP contribution in [0.3, 0.4) is 0 Å². The van der Waals surface area contributed by atoms with Gasteiger partial charge in [0.15, 0.2) is 5.65 Å². The van der Waals surface area contributed by atoms with Crippen molar-refractivity contribution in [2.24, 2.45) is 5.92 Å². The molecule has 2 aliphatic heterocycles. The number of pyridine rings is 1. The van der Waals surface area contributed by atoms with Gasteiger partial charge in [0.2, 0.25) is 0 Å². The van der Waals surface area contributed by atoms with Crippen LogP contribution < -0.4 is 0 Å². The molecule has 21 heavy (non-hydrogen) atoms. The number of aromatic nitrogens is 3. The first-order valence-corrected chi connectivity index (χ1v) is 10.1. The van der Waals surface area contributed by atoms with E-state index in [1.807, 2.05) is 12.3 Å². The van der Waals surface area contributed by atoms with Crippen LogP contribution in [0.1, 0.15) is 36.9 Å². The highest BCUT2D eigenvalue weighted by atomic mass is 32.2. The number of imidazole rings is 1. The first-order chi connectivity index (χ1) is 10.4. The quantitative estimate of drug-likeness (QED) is 0.850. The summed E-state index contributed by atoms with van der Waals surface area (Å²) >= 11 is 4.18. The number of rotatable bonds is 3. The Morgan fingerprint density at radius 3 is 3.05 bits per heavy atom. The Balaban J connectivity index is 1.72. The largest absolute Gasteiger partial charge is 0.300 e. The molecule has 4 heterocycles. The number of hydrogen-bond donors (Lipinski definition) is 0. The second-order valence-electron chi connectivity index (χ2n) is 6.00. The number of nitrogens with zero attached hydrogens (tertiary/aromatic N) is 3. The Morgan fingerprint density at radius 2 is 2.24 bits per heavy atom. The third-order valence-electron chi connectivity index (χ3n) is 4.46. The van der Waals surface area contributed by atoms with Crippen molar-refractivity contribution in [3.05, 3.63) is 24.2 Å². The van der Waals surface area contributed by atoms with E-state index in [1.54, 1.807) is 0 Å². The molecule has 0 aromatic carbocycles. The van der Waals surface area contributed by atoms with Crippen LogP contribution in [0, 0.1) is 5.92 Å². The summed E-state index contributed by atoms with van der Waals surface area (Å²) in [4.78, 5) is 9.56. The zero-order valence-electron chi connectivity index (χ0n) is 12.2. The normalized spacial score (nSPS) is 26.5. The van der Waals surface area contributed by atoms with E-state index in [1.165, 1.54) is 48.8 Å². The van der Waals surface area contributed by atoms with Crippen LogP contribution in [-0.4, -0.2) is 31.8 Å². The standard InChI is InChI=1S/C16H21N3S2/c1-2-8-21-15(5-1)19-14(10-12-6-9-20-11-12)18-13-4-3-7-17-16(13)19/h3-4,7,12,15H,1-2,5-6,8-11H2. The summed E-state index contributed by atoms with van der Waals surface area (Å²) in [6, 6.07) is 4.11. The second-order valence-corrected chi connectivity index (χ2v) is 8.43. The second kappa shape index (κ2) is 6.21. The van der Waals surface area contributed by atoms with Crippen LogP contribution >= 0.6 is 23.5 Å². The van der Waals surface area contributed by atoms with Gasteiger partial charge in [0, 0.05) is 12.6 Å². The van der Waals surface area contributed by atoms with Gasteiger partial charge >= 0.3 is 0 Å². The molecule has 2 aromatic heterocycles. The Morgan fingerprint density at radius 1 is 1.24 bits per heavy atom. The molecule has 2 aromatic rings. The van der Waals surface area contributed by atoms with Crippen molar-refractivity contribution >= 4 is 34.7 Å². The fourth-order valence-electron chi connectivity index (χ4n) is 3.35. The smallest absolute Gasteiger partial charge is 0.160 e. The van der Waals surface area contributed by atoms with Gasteiger partial charge in [-0.3, -0.25) is 4.57 Å². The molecular weight excluding hydrogens is 298 g/mol. The molecule has 0 N–H and O–H groups in total. The van der Waals surface area contributed by atoms with E-state index in [-0.39, 0.29) is 0 Å². The number of thioether (sulfide) groups is 2. The first kappa shape index (κ1) is 13.9. The maximum Gasteiger partial charge on any atom is 0.160 e. The van der Waals surface area contributed by atoms with Gasteiger partial charge in [-0.1, -0.05) is 0 Å². The molecular formula is C16H21N3S2. The van der Waals surface area contributed by atoms with Gasteiger partial charge in [-0.15, -0.1) is 11.8 Å². The van der Waals surface area contributed by atoms with Crippen LogP contribution in [0.5, 0.6) is 0 Å². The maximum absolute atomic E-state index is 4.93. The summed E-state index contributed by atoms with van der Waals surface area (Å²) in [5.74, 6) is 5.97. The molecule has 2 fully saturated rings. The summed E-state index contributed by atoms with van der Waals surface area (Å²) in [5.41, 5.74) is 2.17. The lowest BCUT2D eigenvalue weighted by Gasteiger charge is -2.25. The van der Waals surface area contributed by atoms with Crippen LogP contribution in [-0.2, 0) is 6.42 Å². The van der Waals surface area contributed by atoms with Crippen molar-refractivity contribution in [3.8, 4) is 0 Å². The monoisotopic (exact) mass is 319 g/mol. The fraction of sp³-hybridized carbons (Fsp3) is 0.625. The molecule has 2 atom stereocenters. The first-order valence-electron chi connectivity index (χ1n) is 7.93. The van der Waals surface area contributed by atoms with Gasteiger partial charge in [-0.2, -0.15) is 11.8 Å². The molecule has 3 nitrogen and oxygen atoms in total. The SMILES string of the molecule is c1cnc2c(c1)nc(CC1CCSC1)n2C1CCCCS1. The minimum absolute atomic E-state index is 0.544. The lowest BCUT2D eigenvalue weighted by atomic mass is 10.0. The van der Waals surface area contributed by atoms with Gasteiger partial charge < -0.3 is 0 Å². The molecule has 0 aliphatic carbocycles. The molecule has 2 unspecified atom stereocenters. The highest BCUT2D eigenvalue weighted by Crippen LogP contribution is 2.38. The van der Waals surface area contributed by atoms with E-state index in [0.717, 1.165) is 23.5 Å². The van der Waals surface area contributed by atoms with E-state index in [2.05, 4.69) is 39.1 Å². The molecule has 0 amide bonds. The fourth-order valence-corrected chi connectivity index (χ4v) is 5.98. The zero-order chi connectivity index (χ0) is 14.1. The van der Waals surface area contributed by atoms with Crippen molar-refractivity contribution in [1.82, 2.24) is 14.5 Å². The summed E-state index contributed by atoms with van der Waals surface area (Å²) in [7, 11) is 0. The molecule has 0 saturated carbocycles. The summed E-state index contributed by atoms with van der Waals surface area (Å²) in [6.07, 6.45) is 8.33. The van der Waals surface area contributed by atoms with Crippen LogP contribution in [0.15, 0.2) is 18.3 Å². The maximum atomic E-state index is 4.93. The van der Waals surface area contributed by atoms with Crippen LogP contribution in [0.4, 0.5) is 0 Å². The van der Waals surface area contributed by atoms with Crippen molar-refractivity contribution in [2.45, 2.75) is 37.5 Å². The van der Waals surface area contributed by atoms with E-state index in [0.29, 0.717) is 5.37 Å². The molecule has 0 bridgehead atoms. The third-order valence-corrected chi connectivity index (χ3v) is 7.05. The lowest BCUT2D eigenvalue weighted by molar-refractivity contribution is 0.517. The molecule has 0 radical (unpaired) electrons. The van der Waals surface area contributed by atoms with E-state index >= 15 is 0 Å². The lowest BCUT2D eigenvalue weighted by Crippen LogP contribution is -2.16. The summed E-state index contributed by atoms with van der Waals surface area (Å²) in [5, 5.41) is 0.544. The van der Waals surface area contributed by atoms with Gasteiger partial charge in [0.25, 0.3) is 0 Å². The van der Waals surface area contributed by atoms with Crippen molar-refractivity contribution in [3.63, 3.8) is 0 Å². The molecule has 0 spiro atoms. The predicted molar refractivity (Wildman–Crippen MR) is 92.0 cm³/mol. The van der Waals surface area contributed by atoms with Crippen LogP contribution in [0.25, 0.3) is 11.2 Å². The van der Waals surface area contributed by atoms with E-state index in [4.69, 9.17) is 4.98 Å². The highest BCUT2D eigenvalue weighted by Gasteiger charge is 2.25. The zero-order valence-corrected chi connectivity index (χ0v) is 13.8. The van der Waals surface area contributed by atoms with Crippen molar-refractivity contribution in [2.75, 3.05) is 17.3 Å². The Bertz CT molecular complexity index is 613. The highest BCUT2D eigenvalue weighted by molar-refractivity contribution is 7.99. The van der Waals surface area contributed by atoms with Gasteiger partial charge in [-0.05, 0) is 61.0 Å². The Kier molecular flexibility index (Phi) is 4.12. The molecule has 4 rings (SSSR count). The minimum Gasteiger partial charge on any atom is -0.300 e. The molecule has 2 aliphatic rings. The van der Waals surface area contributed by atoms with Crippen molar-refractivity contribution < 1.29 is 0 Å². The predicted octanol–water partition coefficient (Wildman–Crippen LogP) is 4.14. The topological polar surface area (TPSA) is 30.7 Å². The minimum atomic E-state index is 0.544. The van der Waals surface area contributed by atoms with E-state index < -0.39 is 0 Å². The molecule has 5 heteroatoms. The molecule has 2 saturated heterocycles. The van der Waals surface area contributed by atoms with Gasteiger partial charge in [-0.25, -0.2) is 9.97 Å². The third kappa shape index (κ3) is 2.82. The summed E-state index contributed by atoms with van der Waals surface area (Å²) in [6.45, 7) is 0. The van der Waals surface area contributed by atoms with E-state index in [9.17, 15) is 0 Å². The van der Waals surface area contributed by atoms with Crippen LogP contribution in [0.2, 0.25) is 0 Å². The average Bonchev–Trinajstić information content (AvgIpc) is 3.15.